The van der Waals surface area contributed by atoms with E-state index in [1.165, 1.54) is 4.46 Å². The molecule has 1 N–H and O–H groups in total. The topological polar surface area (TPSA) is 20.2 Å². The molecule has 2 heteroatoms. The van der Waals surface area contributed by atoms with Crippen LogP contribution in [-0.4, -0.2) is 25.7 Å². The molecular weight excluding hydrogens is 227 g/mol. The molecule has 1 aromatic rings. The summed E-state index contributed by atoms with van der Waals surface area (Å²) >= 11 is 0.166. The first kappa shape index (κ1) is 10.5. The van der Waals surface area contributed by atoms with Crippen LogP contribution >= 0.6 is 0 Å². The van der Waals surface area contributed by atoms with Gasteiger partial charge in [-0.05, 0) is 0 Å². The van der Waals surface area contributed by atoms with E-state index < -0.39 is 5.60 Å². The Kier molecular flexibility index (Phi) is 3.32. The van der Waals surface area contributed by atoms with Crippen LogP contribution in [0.5, 0.6) is 0 Å². The Morgan fingerprint density at radius 3 is 2.31 bits per heavy atom. The second kappa shape index (κ2) is 4.10. The third-order valence-electron chi connectivity index (χ3n) is 1.67. The van der Waals surface area contributed by atoms with Gasteiger partial charge in [0.1, 0.15) is 0 Å². The SMILES string of the molecule is C=C([Se]c1ccccc1)C(C)(C)O. The minimum atomic E-state index is -0.754. The normalized spacial score (nSPS) is 11.3. The Balaban J connectivity index is 2.66. The summed E-state index contributed by atoms with van der Waals surface area (Å²) in [6.07, 6.45) is 0. The Morgan fingerprint density at radius 1 is 1.31 bits per heavy atom. The van der Waals surface area contributed by atoms with Gasteiger partial charge in [-0.1, -0.05) is 0 Å². The molecule has 0 aliphatic rings. The zero-order valence-electron chi connectivity index (χ0n) is 7.95. The van der Waals surface area contributed by atoms with Crippen molar-refractivity contribution < 1.29 is 5.11 Å². The third-order valence-corrected chi connectivity index (χ3v) is 4.30. The Bertz CT molecular complexity index is 285. The Morgan fingerprint density at radius 2 is 1.85 bits per heavy atom. The Labute approximate surface area is 85.6 Å². The maximum atomic E-state index is 9.66. The molecule has 0 unspecified atom stereocenters. The summed E-state index contributed by atoms with van der Waals surface area (Å²) in [7, 11) is 0. The molecule has 0 aliphatic carbocycles. The van der Waals surface area contributed by atoms with Crippen LogP contribution in [0.1, 0.15) is 13.8 Å². The van der Waals surface area contributed by atoms with E-state index in [0.717, 1.165) is 4.47 Å². The molecule has 1 rings (SSSR count). The van der Waals surface area contributed by atoms with E-state index >= 15 is 0 Å². The minimum absolute atomic E-state index is 0.166. The third kappa shape index (κ3) is 3.35. The van der Waals surface area contributed by atoms with Gasteiger partial charge in [0.25, 0.3) is 0 Å². The molecule has 0 bridgehead atoms. The van der Waals surface area contributed by atoms with Crippen LogP contribution in [0.4, 0.5) is 0 Å². The molecule has 0 saturated carbocycles. The first-order chi connectivity index (χ1) is 6.00. The molecule has 0 aromatic heterocycles. The molecule has 1 nitrogen and oxygen atoms in total. The summed E-state index contributed by atoms with van der Waals surface area (Å²) in [5.41, 5.74) is -0.754. The molecule has 1 aromatic carbocycles. The van der Waals surface area contributed by atoms with Gasteiger partial charge in [-0.3, -0.25) is 0 Å². The summed E-state index contributed by atoms with van der Waals surface area (Å²) in [5.74, 6) is 0. The van der Waals surface area contributed by atoms with Crippen LogP contribution in [0.25, 0.3) is 0 Å². The second-order valence-electron chi connectivity index (χ2n) is 3.40. The van der Waals surface area contributed by atoms with Crippen molar-refractivity contribution in [1.82, 2.24) is 0 Å². The monoisotopic (exact) mass is 242 g/mol. The van der Waals surface area contributed by atoms with E-state index in [4.69, 9.17) is 0 Å². The van der Waals surface area contributed by atoms with Crippen LogP contribution in [0, 0.1) is 0 Å². The molecule has 13 heavy (non-hydrogen) atoms. The molecular formula is C11H14OSe. The van der Waals surface area contributed by atoms with E-state index in [1.807, 2.05) is 18.2 Å². The van der Waals surface area contributed by atoms with Crippen molar-refractivity contribution in [2.24, 2.45) is 0 Å². The summed E-state index contributed by atoms with van der Waals surface area (Å²) in [5, 5.41) is 9.66. The van der Waals surface area contributed by atoms with Crippen molar-refractivity contribution in [2.75, 3.05) is 0 Å². The average Bonchev–Trinajstić information content (AvgIpc) is 2.04. The molecule has 0 atom stereocenters. The zero-order valence-corrected chi connectivity index (χ0v) is 9.66. The van der Waals surface area contributed by atoms with Gasteiger partial charge >= 0.3 is 85.4 Å². The van der Waals surface area contributed by atoms with Crippen molar-refractivity contribution >= 4 is 19.4 Å². The zero-order chi connectivity index (χ0) is 9.90. The van der Waals surface area contributed by atoms with E-state index in [0.29, 0.717) is 0 Å². The molecule has 0 aliphatic heterocycles. The molecule has 70 valence electrons. The van der Waals surface area contributed by atoms with Crippen molar-refractivity contribution in [3.8, 4) is 0 Å². The predicted octanol–water partition coefficient (Wildman–Crippen LogP) is 1.30. The van der Waals surface area contributed by atoms with Crippen LogP contribution in [0.2, 0.25) is 0 Å². The molecule has 0 fully saturated rings. The van der Waals surface area contributed by atoms with Crippen LogP contribution in [-0.2, 0) is 0 Å². The molecule has 0 amide bonds. The van der Waals surface area contributed by atoms with E-state index in [9.17, 15) is 5.11 Å². The Hall–Kier alpha value is -0.561. The van der Waals surface area contributed by atoms with Crippen LogP contribution in [0.15, 0.2) is 41.4 Å². The van der Waals surface area contributed by atoms with E-state index in [1.54, 1.807) is 13.8 Å². The first-order valence-electron chi connectivity index (χ1n) is 4.15. The van der Waals surface area contributed by atoms with Crippen LogP contribution < -0.4 is 4.46 Å². The van der Waals surface area contributed by atoms with Crippen molar-refractivity contribution in [3.63, 3.8) is 0 Å². The van der Waals surface area contributed by atoms with Gasteiger partial charge < -0.3 is 0 Å². The molecule has 0 radical (unpaired) electrons. The number of aliphatic hydroxyl groups is 1. The van der Waals surface area contributed by atoms with Gasteiger partial charge in [0.2, 0.25) is 0 Å². The molecule has 0 saturated heterocycles. The predicted molar refractivity (Wildman–Crippen MR) is 57.3 cm³/mol. The average molecular weight is 241 g/mol. The van der Waals surface area contributed by atoms with Gasteiger partial charge in [-0.2, -0.15) is 0 Å². The quantitative estimate of drug-likeness (QED) is 0.791. The molecule has 0 heterocycles. The standard InChI is InChI=1S/C11H14OSe/c1-9(11(2,3)12)13-10-7-5-4-6-8-10/h4-8,12H,1H2,2-3H3. The summed E-state index contributed by atoms with van der Waals surface area (Å²) in [6, 6.07) is 10.1. The molecule has 0 spiro atoms. The van der Waals surface area contributed by atoms with Gasteiger partial charge in [0, 0.05) is 0 Å². The summed E-state index contributed by atoms with van der Waals surface area (Å²) < 4.78 is 2.16. The fourth-order valence-electron chi connectivity index (χ4n) is 0.756. The van der Waals surface area contributed by atoms with Gasteiger partial charge in [-0.15, -0.1) is 0 Å². The van der Waals surface area contributed by atoms with Gasteiger partial charge in [-0.25, -0.2) is 0 Å². The van der Waals surface area contributed by atoms with E-state index in [2.05, 4.69) is 18.7 Å². The fourth-order valence-corrected chi connectivity index (χ4v) is 2.49. The second-order valence-corrected chi connectivity index (χ2v) is 5.85. The first-order valence-corrected chi connectivity index (χ1v) is 5.86. The van der Waals surface area contributed by atoms with Crippen LogP contribution in [0.3, 0.4) is 0 Å². The number of rotatable bonds is 3. The van der Waals surface area contributed by atoms with Crippen molar-refractivity contribution in [3.05, 3.63) is 41.4 Å². The van der Waals surface area contributed by atoms with Gasteiger partial charge in [0.05, 0.1) is 0 Å². The fraction of sp³-hybridized carbons (Fsp3) is 0.273. The van der Waals surface area contributed by atoms with Crippen molar-refractivity contribution in [2.45, 2.75) is 19.4 Å². The van der Waals surface area contributed by atoms with Crippen molar-refractivity contribution in [1.29, 1.82) is 0 Å². The van der Waals surface area contributed by atoms with Gasteiger partial charge in [0.15, 0.2) is 0 Å². The summed E-state index contributed by atoms with van der Waals surface area (Å²) in [6.45, 7) is 7.45. The summed E-state index contributed by atoms with van der Waals surface area (Å²) in [4.78, 5) is 0. The number of hydrogen-bond donors (Lipinski definition) is 1. The maximum absolute atomic E-state index is 9.66. The number of hydrogen-bond acceptors (Lipinski definition) is 1. The number of benzene rings is 1. The van der Waals surface area contributed by atoms with E-state index in [-0.39, 0.29) is 15.0 Å².